The van der Waals surface area contributed by atoms with E-state index >= 15 is 0 Å². The van der Waals surface area contributed by atoms with Gasteiger partial charge >= 0.3 is 0 Å². The number of rotatable bonds is 7. The van der Waals surface area contributed by atoms with Crippen molar-refractivity contribution in [3.8, 4) is 11.5 Å². The zero-order chi connectivity index (χ0) is 20.8. The molecule has 3 aromatic rings. The fourth-order valence-corrected chi connectivity index (χ4v) is 2.92. The van der Waals surface area contributed by atoms with Crippen molar-refractivity contribution in [2.45, 2.75) is 33.3 Å². The van der Waals surface area contributed by atoms with E-state index in [0.29, 0.717) is 29.1 Å². The highest BCUT2D eigenvalue weighted by Gasteiger charge is 2.13. The molecule has 1 amide bonds. The Labute approximate surface area is 171 Å². The number of aromatic nitrogens is 1. The Morgan fingerprint density at radius 2 is 1.79 bits per heavy atom. The highest BCUT2D eigenvalue weighted by atomic mass is 16.5. The van der Waals surface area contributed by atoms with Gasteiger partial charge in [0.2, 0.25) is 0 Å². The van der Waals surface area contributed by atoms with Gasteiger partial charge in [0.1, 0.15) is 11.5 Å². The van der Waals surface area contributed by atoms with Crippen molar-refractivity contribution in [3.63, 3.8) is 0 Å². The van der Waals surface area contributed by atoms with E-state index in [2.05, 4.69) is 10.3 Å². The lowest BCUT2D eigenvalue weighted by Crippen LogP contribution is -2.16. The van der Waals surface area contributed by atoms with Crippen molar-refractivity contribution in [2.24, 2.45) is 0 Å². The molecule has 29 heavy (non-hydrogen) atoms. The summed E-state index contributed by atoms with van der Waals surface area (Å²) in [4.78, 5) is 17.3. The third-order valence-electron chi connectivity index (χ3n) is 4.64. The van der Waals surface area contributed by atoms with E-state index in [1.54, 1.807) is 13.2 Å². The first-order valence-electron chi connectivity index (χ1n) is 9.60. The molecule has 1 unspecified atom stereocenters. The van der Waals surface area contributed by atoms with Gasteiger partial charge < -0.3 is 14.8 Å². The Balaban J connectivity index is 1.69. The lowest BCUT2D eigenvalue weighted by atomic mass is 10.1. The summed E-state index contributed by atoms with van der Waals surface area (Å²) in [5, 5.41) is 2.92. The fraction of sp³-hybridized carbons (Fsp3) is 0.250. The van der Waals surface area contributed by atoms with Gasteiger partial charge in [0, 0.05) is 31.0 Å². The molecule has 5 heteroatoms. The summed E-state index contributed by atoms with van der Waals surface area (Å²) in [5.41, 5.74) is 3.97. The number of nitrogens with one attached hydrogen (secondary N) is 1. The third-order valence-corrected chi connectivity index (χ3v) is 4.64. The molecule has 0 bridgehead atoms. The van der Waals surface area contributed by atoms with E-state index in [4.69, 9.17) is 9.47 Å². The lowest BCUT2D eigenvalue weighted by molar-refractivity contribution is 0.102. The number of aryl methyl sites for hydroxylation is 2. The fourth-order valence-electron chi connectivity index (χ4n) is 2.92. The highest BCUT2D eigenvalue weighted by molar-refractivity contribution is 6.05. The van der Waals surface area contributed by atoms with E-state index in [1.165, 1.54) is 5.56 Å². The monoisotopic (exact) mass is 390 g/mol. The maximum absolute atomic E-state index is 12.7. The molecule has 0 fully saturated rings. The quantitative estimate of drug-likeness (QED) is 0.593. The molecule has 2 aromatic carbocycles. The molecule has 150 valence electrons. The van der Waals surface area contributed by atoms with Crippen LogP contribution in [0.1, 0.15) is 34.2 Å². The van der Waals surface area contributed by atoms with Crippen LogP contribution in [0.2, 0.25) is 0 Å². The molecule has 0 spiro atoms. The van der Waals surface area contributed by atoms with Gasteiger partial charge in [-0.25, -0.2) is 0 Å². The van der Waals surface area contributed by atoms with Gasteiger partial charge in [-0.05, 0) is 57.2 Å². The summed E-state index contributed by atoms with van der Waals surface area (Å²) in [5.74, 6) is 1.21. The van der Waals surface area contributed by atoms with Crippen LogP contribution in [0.25, 0.3) is 0 Å². The van der Waals surface area contributed by atoms with Crippen LogP contribution in [0.5, 0.6) is 11.5 Å². The van der Waals surface area contributed by atoms with Crippen LogP contribution in [0.15, 0.2) is 60.7 Å². The van der Waals surface area contributed by atoms with E-state index in [1.807, 2.05) is 75.4 Å². The molecule has 1 atom stereocenters. The molecule has 0 saturated heterocycles. The minimum absolute atomic E-state index is 0.0813. The number of hydrogen-bond acceptors (Lipinski definition) is 4. The summed E-state index contributed by atoms with van der Waals surface area (Å²) >= 11 is 0. The number of carbonyl (C=O) groups excluding carboxylic acids is 1. The molecule has 5 nitrogen and oxygen atoms in total. The van der Waals surface area contributed by atoms with Crippen LogP contribution in [-0.4, -0.2) is 24.1 Å². The predicted molar refractivity (Wildman–Crippen MR) is 115 cm³/mol. The molecule has 1 heterocycles. The second kappa shape index (κ2) is 9.34. The van der Waals surface area contributed by atoms with Gasteiger partial charge in [0.05, 0.1) is 17.4 Å². The number of methoxy groups -OCH3 is 1. The second-order valence-corrected chi connectivity index (χ2v) is 7.08. The Morgan fingerprint density at radius 3 is 2.48 bits per heavy atom. The molecular formula is C24H26N2O3. The zero-order valence-corrected chi connectivity index (χ0v) is 17.2. The standard InChI is InChI=1S/C24H26N2O3/c1-16-8-11-21(12-9-16)29-22-7-5-6-19(15-22)26-24(27)23-13-10-20(25-18(23)3)14-17(2)28-4/h5-13,15,17H,14H2,1-4H3,(H,26,27). The van der Waals surface area contributed by atoms with Gasteiger partial charge in [-0.1, -0.05) is 23.8 Å². The average molecular weight is 390 g/mol. The topological polar surface area (TPSA) is 60.5 Å². The van der Waals surface area contributed by atoms with E-state index in [-0.39, 0.29) is 12.0 Å². The first kappa shape index (κ1) is 20.6. The lowest BCUT2D eigenvalue weighted by Gasteiger charge is -2.12. The number of pyridine rings is 1. The van der Waals surface area contributed by atoms with Crippen molar-refractivity contribution in [3.05, 3.63) is 83.2 Å². The summed E-state index contributed by atoms with van der Waals surface area (Å²) in [6, 6.07) is 18.8. The van der Waals surface area contributed by atoms with Gasteiger partial charge in [0.15, 0.2) is 0 Å². The van der Waals surface area contributed by atoms with Crippen LogP contribution in [0.4, 0.5) is 5.69 Å². The van der Waals surface area contributed by atoms with E-state index in [0.717, 1.165) is 11.4 Å². The van der Waals surface area contributed by atoms with Gasteiger partial charge in [0.25, 0.3) is 5.91 Å². The smallest absolute Gasteiger partial charge is 0.257 e. The van der Waals surface area contributed by atoms with Gasteiger partial charge in [-0.3, -0.25) is 9.78 Å². The Morgan fingerprint density at radius 1 is 1.03 bits per heavy atom. The minimum atomic E-state index is -0.200. The Kier molecular flexibility index (Phi) is 6.62. The zero-order valence-electron chi connectivity index (χ0n) is 17.2. The normalized spacial score (nSPS) is 11.7. The van der Waals surface area contributed by atoms with E-state index < -0.39 is 0 Å². The summed E-state index contributed by atoms with van der Waals surface area (Å²) < 4.78 is 11.2. The predicted octanol–water partition coefficient (Wildman–Crippen LogP) is 5.32. The first-order chi connectivity index (χ1) is 13.9. The second-order valence-electron chi connectivity index (χ2n) is 7.08. The van der Waals surface area contributed by atoms with Crippen molar-refractivity contribution in [2.75, 3.05) is 12.4 Å². The van der Waals surface area contributed by atoms with Crippen molar-refractivity contribution < 1.29 is 14.3 Å². The number of carbonyl (C=O) groups is 1. The van der Waals surface area contributed by atoms with Crippen LogP contribution < -0.4 is 10.1 Å². The summed E-state index contributed by atoms with van der Waals surface area (Å²) in [6.45, 7) is 5.86. The third kappa shape index (κ3) is 5.65. The molecule has 0 radical (unpaired) electrons. The molecule has 1 aromatic heterocycles. The molecule has 0 saturated carbocycles. The van der Waals surface area contributed by atoms with Gasteiger partial charge in [-0.2, -0.15) is 0 Å². The number of amides is 1. The van der Waals surface area contributed by atoms with Gasteiger partial charge in [-0.15, -0.1) is 0 Å². The van der Waals surface area contributed by atoms with Crippen molar-refractivity contribution in [1.29, 1.82) is 0 Å². The van der Waals surface area contributed by atoms with Crippen LogP contribution in [0.3, 0.4) is 0 Å². The van der Waals surface area contributed by atoms with E-state index in [9.17, 15) is 4.79 Å². The maximum Gasteiger partial charge on any atom is 0.257 e. The molecular weight excluding hydrogens is 364 g/mol. The van der Waals surface area contributed by atoms with Crippen molar-refractivity contribution >= 4 is 11.6 Å². The van der Waals surface area contributed by atoms with Crippen LogP contribution in [-0.2, 0) is 11.2 Å². The largest absolute Gasteiger partial charge is 0.457 e. The summed E-state index contributed by atoms with van der Waals surface area (Å²) in [7, 11) is 1.68. The number of anilines is 1. The summed E-state index contributed by atoms with van der Waals surface area (Å²) in [6.07, 6.45) is 0.787. The molecule has 3 rings (SSSR count). The first-order valence-corrected chi connectivity index (χ1v) is 9.60. The highest BCUT2D eigenvalue weighted by Crippen LogP contribution is 2.25. The SMILES string of the molecule is COC(C)Cc1ccc(C(=O)Nc2cccc(Oc3ccc(C)cc3)c2)c(C)n1. The van der Waals surface area contributed by atoms with Crippen molar-refractivity contribution in [1.82, 2.24) is 4.98 Å². The van der Waals surface area contributed by atoms with Crippen LogP contribution >= 0.6 is 0 Å². The Bertz CT molecular complexity index is 984. The molecule has 0 aliphatic carbocycles. The maximum atomic E-state index is 12.7. The van der Waals surface area contributed by atoms with Crippen LogP contribution in [0, 0.1) is 13.8 Å². The molecule has 0 aliphatic rings. The average Bonchev–Trinajstić information content (AvgIpc) is 2.70. The molecule has 0 aliphatic heterocycles. The Hall–Kier alpha value is -3.18. The number of hydrogen-bond donors (Lipinski definition) is 1. The number of ether oxygens (including phenoxy) is 2. The number of benzene rings is 2. The minimum Gasteiger partial charge on any atom is -0.457 e. The number of nitrogens with zero attached hydrogens (tertiary/aromatic N) is 1. The molecule has 1 N–H and O–H groups in total.